The third kappa shape index (κ3) is 2.25. The normalized spacial score (nSPS) is 16.5. The summed E-state index contributed by atoms with van der Waals surface area (Å²) in [7, 11) is 0. The summed E-state index contributed by atoms with van der Waals surface area (Å²) in [4.78, 5) is 4.38. The van der Waals surface area contributed by atoms with Gasteiger partial charge in [-0.15, -0.1) is 5.10 Å². The Morgan fingerprint density at radius 2 is 1.80 bits per heavy atom. The van der Waals surface area contributed by atoms with Gasteiger partial charge in [-0.1, -0.05) is 0 Å². The Labute approximate surface area is 90.5 Å². The van der Waals surface area contributed by atoms with Crippen molar-refractivity contribution in [1.82, 2.24) is 15.2 Å². The van der Waals surface area contributed by atoms with Gasteiger partial charge in [-0.25, -0.2) is 4.98 Å². The molecule has 2 rings (SSSR count). The Morgan fingerprint density at radius 1 is 1.13 bits per heavy atom. The van der Waals surface area contributed by atoms with Gasteiger partial charge in [0.05, 0.1) is 11.4 Å². The zero-order valence-electron chi connectivity index (χ0n) is 9.83. The molecule has 0 spiro atoms. The highest BCUT2D eigenvalue weighted by molar-refractivity contribution is 5.30. The van der Waals surface area contributed by atoms with Gasteiger partial charge >= 0.3 is 0 Å². The molecule has 1 aromatic rings. The maximum Gasteiger partial charge on any atom is 0.243 e. The number of nitrogens with zero attached hydrogens (tertiary/aromatic N) is 3. The van der Waals surface area contributed by atoms with E-state index in [4.69, 9.17) is 0 Å². The van der Waals surface area contributed by atoms with Crippen molar-refractivity contribution < 1.29 is 0 Å². The third-order valence-electron chi connectivity index (χ3n) is 3.12. The minimum atomic E-state index is 0.0867. The topological polar surface area (TPSA) is 50.7 Å². The first-order chi connectivity index (χ1) is 6.99. The number of hydrogen-bond donors (Lipinski definition) is 1. The summed E-state index contributed by atoms with van der Waals surface area (Å²) < 4.78 is 0. The van der Waals surface area contributed by atoms with Crippen LogP contribution < -0.4 is 5.32 Å². The quantitative estimate of drug-likeness (QED) is 0.822. The molecule has 0 amide bonds. The zero-order chi connectivity index (χ0) is 11.1. The van der Waals surface area contributed by atoms with Gasteiger partial charge in [-0.05, 0) is 46.5 Å². The second-order valence-electron chi connectivity index (χ2n) is 4.93. The largest absolute Gasteiger partial charge is 0.348 e. The summed E-state index contributed by atoms with van der Waals surface area (Å²) in [5, 5.41) is 11.5. The average Bonchev–Trinajstić information content (AvgIpc) is 2.93. The molecule has 1 heterocycles. The number of anilines is 1. The highest BCUT2D eigenvalue weighted by Crippen LogP contribution is 2.40. The van der Waals surface area contributed by atoms with Crippen molar-refractivity contribution in [2.45, 2.75) is 46.1 Å². The number of rotatable bonds is 3. The van der Waals surface area contributed by atoms with E-state index in [2.05, 4.69) is 34.3 Å². The van der Waals surface area contributed by atoms with Crippen molar-refractivity contribution in [1.29, 1.82) is 0 Å². The van der Waals surface area contributed by atoms with Gasteiger partial charge in [0.25, 0.3) is 0 Å². The average molecular weight is 206 g/mol. The van der Waals surface area contributed by atoms with Crippen molar-refractivity contribution in [2.75, 3.05) is 5.32 Å². The van der Waals surface area contributed by atoms with E-state index in [0.717, 1.165) is 17.3 Å². The molecule has 1 aromatic heterocycles. The first kappa shape index (κ1) is 10.3. The molecule has 1 aliphatic rings. The van der Waals surface area contributed by atoms with E-state index < -0.39 is 0 Å². The molecule has 1 fully saturated rings. The predicted molar refractivity (Wildman–Crippen MR) is 59.7 cm³/mol. The van der Waals surface area contributed by atoms with E-state index in [1.807, 2.05) is 13.8 Å². The summed E-state index contributed by atoms with van der Waals surface area (Å²) >= 11 is 0. The van der Waals surface area contributed by atoms with E-state index in [1.54, 1.807) is 0 Å². The van der Waals surface area contributed by atoms with Gasteiger partial charge in [-0.3, -0.25) is 0 Å². The molecule has 15 heavy (non-hydrogen) atoms. The Morgan fingerprint density at radius 3 is 2.33 bits per heavy atom. The Hall–Kier alpha value is -1.19. The van der Waals surface area contributed by atoms with E-state index >= 15 is 0 Å². The second kappa shape index (κ2) is 3.43. The summed E-state index contributed by atoms with van der Waals surface area (Å²) in [6.45, 7) is 8.27. The lowest BCUT2D eigenvalue weighted by atomic mass is 9.99. The molecule has 1 saturated carbocycles. The molecule has 82 valence electrons. The van der Waals surface area contributed by atoms with E-state index in [9.17, 15) is 0 Å². The third-order valence-corrected chi connectivity index (χ3v) is 3.12. The molecule has 0 aromatic carbocycles. The number of aryl methyl sites for hydroxylation is 2. The fourth-order valence-corrected chi connectivity index (χ4v) is 1.71. The zero-order valence-corrected chi connectivity index (χ0v) is 9.83. The number of hydrogen-bond acceptors (Lipinski definition) is 4. The molecule has 0 bridgehead atoms. The van der Waals surface area contributed by atoms with E-state index in [0.29, 0.717) is 5.95 Å². The second-order valence-corrected chi connectivity index (χ2v) is 4.93. The standard InChI is InChI=1S/C11H18N4/c1-7-8(2)14-15-10(12-7)13-11(3,4)9-5-6-9/h9H,5-6H2,1-4H3,(H,12,13,15). The Bertz CT molecular complexity index is 369. The van der Waals surface area contributed by atoms with Crippen LogP contribution in [-0.2, 0) is 0 Å². The van der Waals surface area contributed by atoms with Crippen LogP contribution >= 0.6 is 0 Å². The van der Waals surface area contributed by atoms with Crippen LogP contribution in [0.1, 0.15) is 38.1 Å². The van der Waals surface area contributed by atoms with Gasteiger partial charge in [0.15, 0.2) is 0 Å². The van der Waals surface area contributed by atoms with Crippen LogP contribution in [0.4, 0.5) is 5.95 Å². The van der Waals surface area contributed by atoms with Crippen molar-refractivity contribution in [2.24, 2.45) is 5.92 Å². The van der Waals surface area contributed by atoms with E-state index in [1.165, 1.54) is 12.8 Å². The lowest BCUT2D eigenvalue weighted by Gasteiger charge is -2.25. The summed E-state index contributed by atoms with van der Waals surface area (Å²) in [5.74, 6) is 1.40. The van der Waals surface area contributed by atoms with Gasteiger partial charge in [0, 0.05) is 5.54 Å². The lowest BCUT2D eigenvalue weighted by Crippen LogP contribution is -2.34. The summed E-state index contributed by atoms with van der Waals surface area (Å²) in [6, 6.07) is 0. The molecule has 0 radical (unpaired) electrons. The van der Waals surface area contributed by atoms with Crippen LogP contribution in [0.25, 0.3) is 0 Å². The predicted octanol–water partition coefficient (Wildman–Crippen LogP) is 2.09. The molecule has 4 heteroatoms. The lowest BCUT2D eigenvalue weighted by molar-refractivity contribution is 0.488. The first-order valence-corrected chi connectivity index (χ1v) is 5.45. The van der Waals surface area contributed by atoms with Crippen molar-refractivity contribution in [3.05, 3.63) is 11.4 Å². The number of nitrogens with one attached hydrogen (secondary N) is 1. The maximum absolute atomic E-state index is 4.38. The van der Waals surface area contributed by atoms with Gasteiger partial charge in [0.2, 0.25) is 5.95 Å². The minimum Gasteiger partial charge on any atom is -0.348 e. The van der Waals surface area contributed by atoms with Crippen molar-refractivity contribution >= 4 is 5.95 Å². The van der Waals surface area contributed by atoms with Gasteiger partial charge in [-0.2, -0.15) is 5.10 Å². The molecule has 0 unspecified atom stereocenters. The van der Waals surface area contributed by atoms with Crippen LogP contribution in [0.3, 0.4) is 0 Å². The fourth-order valence-electron chi connectivity index (χ4n) is 1.71. The highest BCUT2D eigenvalue weighted by atomic mass is 15.3. The maximum atomic E-state index is 4.38. The van der Waals surface area contributed by atoms with Crippen LogP contribution in [0.5, 0.6) is 0 Å². The first-order valence-electron chi connectivity index (χ1n) is 5.45. The van der Waals surface area contributed by atoms with Crippen LogP contribution in [-0.4, -0.2) is 20.7 Å². The van der Waals surface area contributed by atoms with Gasteiger partial charge < -0.3 is 5.32 Å². The fraction of sp³-hybridized carbons (Fsp3) is 0.727. The molecule has 0 saturated heterocycles. The number of aromatic nitrogens is 3. The van der Waals surface area contributed by atoms with Crippen LogP contribution in [0.2, 0.25) is 0 Å². The monoisotopic (exact) mass is 206 g/mol. The Kier molecular flexibility index (Phi) is 2.37. The smallest absolute Gasteiger partial charge is 0.243 e. The SMILES string of the molecule is Cc1nnc(NC(C)(C)C2CC2)nc1C. The van der Waals surface area contributed by atoms with Crippen molar-refractivity contribution in [3.63, 3.8) is 0 Å². The van der Waals surface area contributed by atoms with Gasteiger partial charge in [0.1, 0.15) is 0 Å². The molecule has 4 nitrogen and oxygen atoms in total. The molecule has 0 aliphatic heterocycles. The molecule has 1 N–H and O–H groups in total. The van der Waals surface area contributed by atoms with E-state index in [-0.39, 0.29) is 5.54 Å². The Balaban J connectivity index is 2.13. The van der Waals surface area contributed by atoms with Crippen LogP contribution in [0.15, 0.2) is 0 Å². The molecule has 1 aliphatic carbocycles. The van der Waals surface area contributed by atoms with Crippen molar-refractivity contribution in [3.8, 4) is 0 Å². The molecular weight excluding hydrogens is 188 g/mol. The summed E-state index contributed by atoms with van der Waals surface area (Å²) in [5.41, 5.74) is 1.92. The highest BCUT2D eigenvalue weighted by Gasteiger charge is 2.38. The summed E-state index contributed by atoms with van der Waals surface area (Å²) in [6.07, 6.45) is 2.61. The van der Waals surface area contributed by atoms with Crippen LogP contribution in [0, 0.1) is 19.8 Å². The molecule has 0 atom stereocenters. The minimum absolute atomic E-state index is 0.0867. The molecular formula is C11H18N4.